The SMILES string of the molecule is CCCNCC1(c2ccc(C)c(C)c2)CC=CC1. The van der Waals surface area contributed by atoms with Crippen LogP contribution in [-0.2, 0) is 5.41 Å². The molecule has 18 heavy (non-hydrogen) atoms. The van der Waals surface area contributed by atoms with Crippen molar-refractivity contribution in [3.63, 3.8) is 0 Å². The van der Waals surface area contributed by atoms with Crippen LogP contribution in [0.1, 0.15) is 42.9 Å². The largest absolute Gasteiger partial charge is 0.316 e. The molecule has 0 aliphatic heterocycles. The van der Waals surface area contributed by atoms with Gasteiger partial charge in [-0.05, 0) is 56.3 Å². The van der Waals surface area contributed by atoms with E-state index in [1.165, 1.54) is 36.0 Å². The van der Waals surface area contributed by atoms with Crippen molar-refractivity contribution < 1.29 is 0 Å². The van der Waals surface area contributed by atoms with Gasteiger partial charge in [0.15, 0.2) is 0 Å². The maximum Gasteiger partial charge on any atom is 0.0147 e. The van der Waals surface area contributed by atoms with E-state index in [0.29, 0.717) is 5.41 Å². The molecule has 1 N–H and O–H groups in total. The monoisotopic (exact) mass is 243 g/mol. The molecule has 1 aromatic carbocycles. The summed E-state index contributed by atoms with van der Waals surface area (Å²) < 4.78 is 0. The van der Waals surface area contributed by atoms with E-state index in [2.05, 4.69) is 56.4 Å². The van der Waals surface area contributed by atoms with Gasteiger partial charge in [0.05, 0.1) is 0 Å². The Morgan fingerprint density at radius 1 is 1.11 bits per heavy atom. The number of hydrogen-bond acceptors (Lipinski definition) is 1. The molecule has 98 valence electrons. The second kappa shape index (κ2) is 5.71. The zero-order valence-corrected chi connectivity index (χ0v) is 11.9. The van der Waals surface area contributed by atoms with E-state index in [0.717, 1.165) is 13.1 Å². The van der Waals surface area contributed by atoms with Crippen molar-refractivity contribution in [3.8, 4) is 0 Å². The number of hydrogen-bond donors (Lipinski definition) is 1. The fraction of sp³-hybridized carbons (Fsp3) is 0.529. The molecule has 0 unspecified atom stereocenters. The Morgan fingerprint density at radius 3 is 2.44 bits per heavy atom. The van der Waals surface area contributed by atoms with Crippen LogP contribution in [0.2, 0.25) is 0 Å². The van der Waals surface area contributed by atoms with Gasteiger partial charge in [-0.3, -0.25) is 0 Å². The average Bonchev–Trinajstić information content (AvgIpc) is 2.83. The Labute approximate surface area is 111 Å². The van der Waals surface area contributed by atoms with Crippen LogP contribution in [0, 0.1) is 13.8 Å². The molecule has 1 nitrogen and oxygen atoms in total. The summed E-state index contributed by atoms with van der Waals surface area (Å²) in [6.45, 7) is 8.84. The first-order valence-corrected chi connectivity index (χ1v) is 7.11. The minimum absolute atomic E-state index is 0.299. The smallest absolute Gasteiger partial charge is 0.0147 e. The highest BCUT2D eigenvalue weighted by molar-refractivity contribution is 5.37. The second-order valence-electron chi connectivity index (χ2n) is 5.64. The molecule has 0 aromatic heterocycles. The van der Waals surface area contributed by atoms with Crippen LogP contribution in [-0.4, -0.2) is 13.1 Å². The lowest BCUT2D eigenvalue weighted by Crippen LogP contribution is -2.36. The number of allylic oxidation sites excluding steroid dienone is 2. The molecule has 0 amide bonds. The minimum Gasteiger partial charge on any atom is -0.316 e. The van der Waals surface area contributed by atoms with Gasteiger partial charge in [-0.1, -0.05) is 37.3 Å². The molecule has 1 aliphatic carbocycles. The average molecular weight is 243 g/mol. The first-order chi connectivity index (χ1) is 8.68. The first-order valence-electron chi connectivity index (χ1n) is 7.11. The summed E-state index contributed by atoms with van der Waals surface area (Å²) in [7, 11) is 0. The molecule has 0 heterocycles. The Morgan fingerprint density at radius 2 is 1.83 bits per heavy atom. The normalized spacial score (nSPS) is 17.3. The molecular weight excluding hydrogens is 218 g/mol. The Kier molecular flexibility index (Phi) is 4.23. The van der Waals surface area contributed by atoms with Crippen molar-refractivity contribution in [2.45, 2.75) is 45.4 Å². The molecule has 0 bridgehead atoms. The number of rotatable bonds is 5. The summed E-state index contributed by atoms with van der Waals surface area (Å²) >= 11 is 0. The summed E-state index contributed by atoms with van der Waals surface area (Å²) in [6, 6.07) is 6.98. The minimum atomic E-state index is 0.299. The third-order valence-corrected chi connectivity index (χ3v) is 4.19. The van der Waals surface area contributed by atoms with Crippen LogP contribution < -0.4 is 5.32 Å². The van der Waals surface area contributed by atoms with Gasteiger partial charge in [0, 0.05) is 12.0 Å². The molecule has 0 atom stereocenters. The van der Waals surface area contributed by atoms with Gasteiger partial charge in [-0.25, -0.2) is 0 Å². The van der Waals surface area contributed by atoms with Crippen molar-refractivity contribution in [3.05, 3.63) is 47.0 Å². The van der Waals surface area contributed by atoms with Crippen LogP contribution in [0.4, 0.5) is 0 Å². The van der Waals surface area contributed by atoms with Crippen molar-refractivity contribution in [1.82, 2.24) is 5.32 Å². The summed E-state index contributed by atoms with van der Waals surface area (Å²) in [5, 5.41) is 3.61. The lowest BCUT2D eigenvalue weighted by Gasteiger charge is -2.31. The van der Waals surface area contributed by atoms with E-state index < -0.39 is 0 Å². The first kappa shape index (κ1) is 13.4. The predicted octanol–water partition coefficient (Wildman–Crippen LogP) is 3.89. The Hall–Kier alpha value is -1.08. The van der Waals surface area contributed by atoms with E-state index >= 15 is 0 Å². The molecule has 0 fully saturated rings. The van der Waals surface area contributed by atoms with Gasteiger partial charge >= 0.3 is 0 Å². The molecule has 0 saturated carbocycles. The maximum absolute atomic E-state index is 3.61. The number of nitrogens with one attached hydrogen (secondary N) is 1. The highest BCUT2D eigenvalue weighted by Gasteiger charge is 2.32. The highest BCUT2D eigenvalue weighted by atomic mass is 14.9. The van der Waals surface area contributed by atoms with Gasteiger partial charge in [-0.2, -0.15) is 0 Å². The number of benzene rings is 1. The van der Waals surface area contributed by atoms with Gasteiger partial charge in [0.1, 0.15) is 0 Å². The van der Waals surface area contributed by atoms with Crippen LogP contribution in [0.25, 0.3) is 0 Å². The third kappa shape index (κ3) is 2.67. The fourth-order valence-corrected chi connectivity index (χ4v) is 2.76. The van der Waals surface area contributed by atoms with Gasteiger partial charge in [0.25, 0.3) is 0 Å². The second-order valence-corrected chi connectivity index (χ2v) is 5.64. The molecule has 0 radical (unpaired) electrons. The van der Waals surface area contributed by atoms with Crippen LogP contribution in [0.5, 0.6) is 0 Å². The quantitative estimate of drug-likeness (QED) is 0.611. The lowest BCUT2D eigenvalue weighted by atomic mass is 9.77. The van der Waals surface area contributed by atoms with E-state index in [9.17, 15) is 0 Å². The maximum atomic E-state index is 3.61. The Balaban J connectivity index is 2.20. The van der Waals surface area contributed by atoms with E-state index in [1.54, 1.807) is 0 Å². The zero-order chi connectivity index (χ0) is 13.0. The highest BCUT2D eigenvalue weighted by Crippen LogP contribution is 2.37. The van der Waals surface area contributed by atoms with Crippen molar-refractivity contribution in [1.29, 1.82) is 0 Å². The van der Waals surface area contributed by atoms with E-state index in [-0.39, 0.29) is 0 Å². The van der Waals surface area contributed by atoms with Crippen LogP contribution >= 0.6 is 0 Å². The van der Waals surface area contributed by atoms with Crippen LogP contribution in [0.15, 0.2) is 30.4 Å². The fourth-order valence-electron chi connectivity index (χ4n) is 2.76. The third-order valence-electron chi connectivity index (χ3n) is 4.19. The van der Waals surface area contributed by atoms with E-state index in [1.807, 2.05) is 0 Å². The molecule has 1 aromatic rings. The number of aryl methyl sites for hydroxylation is 2. The van der Waals surface area contributed by atoms with Gasteiger partial charge in [0.2, 0.25) is 0 Å². The van der Waals surface area contributed by atoms with Gasteiger partial charge < -0.3 is 5.32 Å². The lowest BCUT2D eigenvalue weighted by molar-refractivity contribution is 0.419. The summed E-state index contributed by atoms with van der Waals surface area (Å²) in [5.74, 6) is 0. The topological polar surface area (TPSA) is 12.0 Å². The Bertz CT molecular complexity index is 423. The summed E-state index contributed by atoms with van der Waals surface area (Å²) in [6.07, 6.45) is 8.22. The molecule has 0 saturated heterocycles. The van der Waals surface area contributed by atoms with Gasteiger partial charge in [-0.15, -0.1) is 0 Å². The predicted molar refractivity (Wildman–Crippen MR) is 79.1 cm³/mol. The summed E-state index contributed by atoms with van der Waals surface area (Å²) in [4.78, 5) is 0. The molecule has 1 heteroatoms. The molecular formula is C17H25N. The van der Waals surface area contributed by atoms with Crippen molar-refractivity contribution >= 4 is 0 Å². The molecule has 2 rings (SSSR count). The molecule has 0 spiro atoms. The molecule has 1 aliphatic rings. The summed E-state index contributed by atoms with van der Waals surface area (Å²) in [5.41, 5.74) is 4.60. The van der Waals surface area contributed by atoms with Crippen LogP contribution in [0.3, 0.4) is 0 Å². The zero-order valence-electron chi connectivity index (χ0n) is 11.9. The van der Waals surface area contributed by atoms with Crippen molar-refractivity contribution in [2.24, 2.45) is 0 Å². The van der Waals surface area contributed by atoms with E-state index in [4.69, 9.17) is 0 Å². The standard InChI is InChI=1S/C17H25N/c1-4-11-18-13-17(9-5-6-10-17)16-8-7-14(2)15(3)12-16/h5-8,12,18H,4,9-11,13H2,1-3H3. The van der Waals surface area contributed by atoms with Crippen molar-refractivity contribution in [2.75, 3.05) is 13.1 Å².